The first kappa shape index (κ1) is 79.8. The minimum atomic E-state index is -4.39. The molecule has 2 unspecified atom stereocenters. The van der Waals surface area contributed by atoms with E-state index in [0.717, 1.165) is 38.5 Å². The highest BCUT2D eigenvalue weighted by molar-refractivity contribution is 7.47. The van der Waals surface area contributed by atoms with Crippen molar-refractivity contribution in [1.82, 2.24) is 0 Å². The first-order valence-corrected chi connectivity index (χ1v) is 37.7. The number of hydrogen-bond donors (Lipinski definition) is 2. The lowest BCUT2D eigenvalue weighted by molar-refractivity contribution is -0.161. The summed E-state index contributed by atoms with van der Waals surface area (Å²) in [6.07, 6.45) is 82.0. The number of phosphoric acid groups is 1. The van der Waals surface area contributed by atoms with Crippen LogP contribution in [0.25, 0.3) is 0 Å². The van der Waals surface area contributed by atoms with Gasteiger partial charge in [-0.1, -0.05) is 360 Å². The van der Waals surface area contributed by atoms with Crippen molar-refractivity contribution in [1.29, 1.82) is 0 Å². The van der Waals surface area contributed by atoms with E-state index in [1.807, 2.05) is 0 Å². The van der Waals surface area contributed by atoms with Gasteiger partial charge in [0.1, 0.15) is 6.61 Å². The molecule has 0 radical (unpaired) electrons. The van der Waals surface area contributed by atoms with E-state index in [2.05, 4.69) is 26.0 Å². The van der Waals surface area contributed by atoms with Crippen molar-refractivity contribution in [2.24, 2.45) is 5.73 Å². The summed E-state index contributed by atoms with van der Waals surface area (Å²) in [5, 5.41) is 0. The number of esters is 2. The van der Waals surface area contributed by atoms with Crippen molar-refractivity contribution in [2.75, 3.05) is 26.4 Å². The Bertz CT molecular complexity index is 1330. The van der Waals surface area contributed by atoms with Crippen LogP contribution in [0.2, 0.25) is 0 Å². The highest BCUT2D eigenvalue weighted by Crippen LogP contribution is 2.43. The van der Waals surface area contributed by atoms with Crippen LogP contribution in [0.15, 0.2) is 12.2 Å². The van der Waals surface area contributed by atoms with Crippen molar-refractivity contribution in [3.63, 3.8) is 0 Å². The molecule has 0 aromatic heterocycles. The van der Waals surface area contributed by atoms with Gasteiger partial charge in [0.25, 0.3) is 0 Å². The molecule has 0 aliphatic carbocycles. The van der Waals surface area contributed by atoms with Gasteiger partial charge in [0.2, 0.25) is 0 Å². The number of allylic oxidation sites excluding steroid dienone is 2. The molecule has 0 aliphatic heterocycles. The van der Waals surface area contributed by atoms with Crippen LogP contribution in [0.3, 0.4) is 0 Å². The maximum Gasteiger partial charge on any atom is 0.472 e. The number of unbranched alkanes of at least 4 members (excludes halogenated alkanes) is 55. The van der Waals surface area contributed by atoms with E-state index in [0.29, 0.717) is 6.42 Å². The van der Waals surface area contributed by atoms with Crippen molar-refractivity contribution in [2.45, 2.75) is 405 Å². The van der Waals surface area contributed by atoms with E-state index in [9.17, 15) is 19.0 Å². The highest BCUT2D eigenvalue weighted by Gasteiger charge is 2.26. The summed E-state index contributed by atoms with van der Waals surface area (Å²) in [6.45, 7) is 3.82. The second-order valence-corrected chi connectivity index (χ2v) is 26.3. The summed E-state index contributed by atoms with van der Waals surface area (Å²) in [5.41, 5.74) is 5.40. The average Bonchev–Trinajstić information content (AvgIpc) is 3.46. The Kier molecular flexibility index (Phi) is 66.8. The number of rotatable bonds is 70. The Labute approximate surface area is 504 Å². The molecule has 3 N–H and O–H groups in total. The topological polar surface area (TPSA) is 134 Å². The van der Waals surface area contributed by atoms with Gasteiger partial charge in [-0.3, -0.25) is 18.6 Å². The Morgan fingerprint density at radius 2 is 0.605 bits per heavy atom. The van der Waals surface area contributed by atoms with Crippen LogP contribution in [0.1, 0.15) is 399 Å². The molecule has 9 nitrogen and oxygen atoms in total. The largest absolute Gasteiger partial charge is 0.472 e. The number of nitrogens with two attached hydrogens (primary N) is 1. The predicted molar refractivity (Wildman–Crippen MR) is 349 cm³/mol. The van der Waals surface area contributed by atoms with Gasteiger partial charge in [-0.25, -0.2) is 4.57 Å². The van der Waals surface area contributed by atoms with E-state index in [1.54, 1.807) is 0 Å². The lowest BCUT2D eigenvalue weighted by Gasteiger charge is -2.19. The van der Waals surface area contributed by atoms with Crippen molar-refractivity contribution in [3.8, 4) is 0 Å². The molecule has 0 rings (SSSR count). The molecule has 482 valence electrons. The van der Waals surface area contributed by atoms with Gasteiger partial charge in [-0.2, -0.15) is 0 Å². The number of hydrogen-bond acceptors (Lipinski definition) is 8. The molecule has 0 heterocycles. The molecule has 0 aliphatic rings. The minimum absolute atomic E-state index is 0.0566. The fourth-order valence-electron chi connectivity index (χ4n) is 11.3. The molecule has 0 fully saturated rings. The van der Waals surface area contributed by atoms with Crippen molar-refractivity contribution >= 4 is 19.8 Å². The third-order valence-corrected chi connectivity index (χ3v) is 17.6. The highest BCUT2D eigenvalue weighted by atomic mass is 31.2. The van der Waals surface area contributed by atoms with Crippen LogP contribution in [0.4, 0.5) is 0 Å². The number of ether oxygens (including phenoxy) is 2. The fourth-order valence-corrected chi connectivity index (χ4v) is 12.1. The zero-order valence-corrected chi connectivity index (χ0v) is 55.2. The van der Waals surface area contributed by atoms with E-state index >= 15 is 0 Å². The molecule has 2 atom stereocenters. The predicted octanol–water partition coefficient (Wildman–Crippen LogP) is 23.5. The normalized spacial score (nSPS) is 12.9. The lowest BCUT2D eigenvalue weighted by Crippen LogP contribution is -2.29. The Hall–Kier alpha value is -1.25. The molecular formula is C71H140NO8P. The maximum absolute atomic E-state index is 12.7. The number of carbonyl (C=O) groups excluding carboxylic acids is 2. The third kappa shape index (κ3) is 67.7. The SMILES string of the molecule is CCCCCCCC/C=C\CCCCCCCCCCCC(=O)OC(COC(=O)CCCCCCCCCCCCCCCCCCCCCCCCCCCCCCCCCCCCCCCCCCC)COP(=O)(O)OCCN. The first-order chi connectivity index (χ1) is 39.8. The first-order valence-electron chi connectivity index (χ1n) is 36.2. The van der Waals surface area contributed by atoms with E-state index in [4.69, 9.17) is 24.3 Å². The van der Waals surface area contributed by atoms with Gasteiger partial charge in [0.15, 0.2) is 6.10 Å². The molecule has 0 spiro atoms. The van der Waals surface area contributed by atoms with E-state index in [-0.39, 0.29) is 38.6 Å². The Morgan fingerprint density at radius 3 is 0.877 bits per heavy atom. The van der Waals surface area contributed by atoms with Gasteiger partial charge in [0, 0.05) is 19.4 Å². The van der Waals surface area contributed by atoms with Crippen LogP contribution in [-0.2, 0) is 32.7 Å². The zero-order valence-electron chi connectivity index (χ0n) is 54.3. The van der Waals surface area contributed by atoms with Crippen molar-refractivity contribution < 1.29 is 37.6 Å². The third-order valence-electron chi connectivity index (χ3n) is 16.7. The standard InChI is InChI=1S/C71H140NO8P/c1-3-5-7-9-11-13-15-17-19-21-23-24-25-26-27-28-29-30-31-32-33-34-35-36-37-38-39-40-41-42-43-44-46-47-49-51-53-55-57-59-61-63-70(73)77-67-69(68-79-81(75,76)78-66-65-72)80-71(74)64-62-60-58-56-54-52-50-48-45-22-20-18-16-14-12-10-8-6-4-2/h18,20,69H,3-17,19,21-68,72H2,1-2H3,(H,75,76)/b20-18-. The maximum atomic E-state index is 12.7. The van der Waals surface area contributed by atoms with E-state index in [1.165, 1.54) is 327 Å². The van der Waals surface area contributed by atoms with E-state index < -0.39 is 26.5 Å². The summed E-state index contributed by atoms with van der Waals surface area (Å²) in [7, 11) is -4.39. The van der Waals surface area contributed by atoms with Gasteiger partial charge in [-0.15, -0.1) is 0 Å². The molecule has 0 saturated carbocycles. The second kappa shape index (κ2) is 67.9. The zero-order chi connectivity index (χ0) is 58.7. The molecule has 0 aromatic carbocycles. The fraction of sp³-hybridized carbons (Fsp3) is 0.944. The minimum Gasteiger partial charge on any atom is -0.462 e. The quantitative estimate of drug-likeness (QED) is 0.0264. The number of phosphoric ester groups is 1. The Morgan fingerprint density at radius 1 is 0.358 bits per heavy atom. The number of carbonyl (C=O) groups is 2. The summed E-state index contributed by atoms with van der Waals surface area (Å²) in [5.74, 6) is -0.807. The average molecular weight is 1170 g/mol. The monoisotopic (exact) mass is 1170 g/mol. The Balaban J connectivity index is 3.69. The van der Waals surface area contributed by atoms with Crippen LogP contribution < -0.4 is 5.73 Å². The van der Waals surface area contributed by atoms with Gasteiger partial charge >= 0.3 is 19.8 Å². The molecule has 10 heteroatoms. The molecule has 81 heavy (non-hydrogen) atoms. The molecule has 0 amide bonds. The molecule has 0 bridgehead atoms. The van der Waals surface area contributed by atoms with Crippen LogP contribution in [0, 0.1) is 0 Å². The summed E-state index contributed by atoms with van der Waals surface area (Å²) < 4.78 is 33.1. The second-order valence-electron chi connectivity index (χ2n) is 24.8. The van der Waals surface area contributed by atoms with Crippen LogP contribution in [0.5, 0.6) is 0 Å². The van der Waals surface area contributed by atoms with Crippen LogP contribution in [-0.4, -0.2) is 49.3 Å². The van der Waals surface area contributed by atoms with Gasteiger partial charge in [-0.05, 0) is 38.5 Å². The van der Waals surface area contributed by atoms with Crippen molar-refractivity contribution in [3.05, 3.63) is 12.2 Å². The summed E-state index contributed by atoms with van der Waals surface area (Å²) >= 11 is 0. The van der Waals surface area contributed by atoms with Gasteiger partial charge < -0.3 is 20.1 Å². The molecule has 0 aromatic rings. The van der Waals surface area contributed by atoms with Gasteiger partial charge in [0.05, 0.1) is 13.2 Å². The lowest BCUT2D eigenvalue weighted by atomic mass is 10.0. The molecule has 0 saturated heterocycles. The summed E-state index contributed by atoms with van der Waals surface area (Å²) in [4.78, 5) is 35.3. The molecular weight excluding hydrogens is 1030 g/mol. The van der Waals surface area contributed by atoms with Crippen LogP contribution >= 0.6 is 7.82 Å². The summed E-state index contributed by atoms with van der Waals surface area (Å²) in [6, 6.07) is 0. The smallest absolute Gasteiger partial charge is 0.462 e.